The maximum Gasteiger partial charge on any atom is 0.0461 e. The summed E-state index contributed by atoms with van der Waals surface area (Å²) in [7, 11) is 0. The molecule has 184 valence electrons. The lowest BCUT2D eigenvalue weighted by Gasteiger charge is -2.25. The number of anilines is 3. The molecular formula is C37H31N. The molecule has 0 bridgehead atoms. The fourth-order valence-corrected chi connectivity index (χ4v) is 4.69. The fraction of sp³-hybridized carbons (Fsp3) is 0.0270. The summed E-state index contributed by atoms with van der Waals surface area (Å²) in [6.45, 7) is 0. The largest absolute Gasteiger partial charge is 0.311 e. The van der Waals surface area contributed by atoms with Gasteiger partial charge in [-0.3, -0.25) is 0 Å². The summed E-state index contributed by atoms with van der Waals surface area (Å²) in [5, 5.41) is 0. The van der Waals surface area contributed by atoms with Gasteiger partial charge in [0.2, 0.25) is 0 Å². The van der Waals surface area contributed by atoms with Gasteiger partial charge in [0.15, 0.2) is 0 Å². The van der Waals surface area contributed by atoms with Crippen molar-refractivity contribution >= 4 is 17.1 Å². The van der Waals surface area contributed by atoms with Crippen LogP contribution in [0.4, 0.5) is 17.1 Å². The van der Waals surface area contributed by atoms with Crippen molar-refractivity contribution < 1.29 is 0 Å². The maximum absolute atomic E-state index is 2.25. The molecule has 0 N–H and O–H groups in total. The van der Waals surface area contributed by atoms with E-state index < -0.39 is 0 Å². The molecule has 6 aromatic rings. The van der Waals surface area contributed by atoms with Gasteiger partial charge in [-0.2, -0.15) is 0 Å². The Hall–Kier alpha value is -4.88. The van der Waals surface area contributed by atoms with Crippen LogP contribution >= 0.6 is 0 Å². The topological polar surface area (TPSA) is 3.24 Å². The van der Waals surface area contributed by atoms with Crippen LogP contribution in [0.2, 0.25) is 0 Å². The molecule has 0 heterocycles. The molecule has 1 heteroatoms. The zero-order valence-electron chi connectivity index (χ0n) is 21.3. The Labute approximate surface area is 226 Å². The number of hydrogen-bond donors (Lipinski definition) is 0. The van der Waals surface area contributed by atoms with E-state index in [2.05, 4.69) is 169 Å². The summed E-state index contributed by atoms with van der Waals surface area (Å²) >= 11 is 0. The predicted molar refractivity (Wildman–Crippen MR) is 161 cm³/mol. The molecule has 0 saturated heterocycles. The molecule has 0 aliphatic heterocycles. The molecule has 0 spiro atoms. The van der Waals surface area contributed by atoms with Crippen molar-refractivity contribution in [2.75, 3.05) is 4.90 Å². The molecule has 0 radical (unpaired) electrons. The summed E-state index contributed by atoms with van der Waals surface area (Å²) in [6.07, 6.45) is 0. The standard InChI is InChI=1S/C19H16.C18H15N/c2*1-4-10-16(11-5-1)19(17-12-6-2-7-13-17)18-14-8-3-9-15-18/h1-15,19H;1-15H. The number of hydrogen-bond acceptors (Lipinski definition) is 1. The fourth-order valence-electron chi connectivity index (χ4n) is 4.69. The van der Waals surface area contributed by atoms with Gasteiger partial charge in [-0.1, -0.05) is 146 Å². The van der Waals surface area contributed by atoms with E-state index >= 15 is 0 Å². The average Bonchev–Trinajstić information content (AvgIpc) is 3.01. The summed E-state index contributed by atoms with van der Waals surface area (Å²) in [5.41, 5.74) is 7.50. The second-order valence-electron chi connectivity index (χ2n) is 9.01. The molecule has 6 aromatic carbocycles. The Morgan fingerprint density at radius 2 is 0.474 bits per heavy atom. The molecule has 1 nitrogen and oxygen atoms in total. The number of benzene rings is 6. The zero-order chi connectivity index (χ0) is 25.8. The van der Waals surface area contributed by atoms with Crippen molar-refractivity contribution in [1.82, 2.24) is 0 Å². The van der Waals surface area contributed by atoms with Gasteiger partial charge >= 0.3 is 0 Å². The summed E-state index contributed by atoms with van der Waals surface area (Å²) < 4.78 is 0. The molecule has 0 aliphatic carbocycles. The quantitative estimate of drug-likeness (QED) is 0.210. The van der Waals surface area contributed by atoms with Gasteiger partial charge < -0.3 is 4.90 Å². The molecule has 0 aliphatic rings. The molecule has 0 saturated carbocycles. The Kier molecular flexibility index (Phi) is 8.41. The first-order valence-corrected chi connectivity index (χ1v) is 13.0. The minimum atomic E-state index is 0.309. The first kappa shape index (κ1) is 24.8. The summed E-state index contributed by atoms with van der Waals surface area (Å²) in [4.78, 5) is 2.25. The van der Waals surface area contributed by atoms with Gasteiger partial charge in [-0.05, 0) is 53.1 Å². The monoisotopic (exact) mass is 489 g/mol. The van der Waals surface area contributed by atoms with Crippen molar-refractivity contribution in [2.45, 2.75) is 5.92 Å². The van der Waals surface area contributed by atoms with E-state index in [1.165, 1.54) is 33.8 Å². The predicted octanol–water partition coefficient (Wildman–Crippen LogP) is 10.0. The smallest absolute Gasteiger partial charge is 0.0461 e. The van der Waals surface area contributed by atoms with E-state index in [1.54, 1.807) is 0 Å². The molecular weight excluding hydrogens is 458 g/mol. The third-order valence-corrected chi connectivity index (χ3v) is 6.44. The Balaban J connectivity index is 0.000000155. The van der Waals surface area contributed by atoms with Crippen LogP contribution in [0, 0.1) is 0 Å². The van der Waals surface area contributed by atoms with E-state index in [0.29, 0.717) is 5.92 Å². The van der Waals surface area contributed by atoms with Gasteiger partial charge in [0.25, 0.3) is 0 Å². The molecule has 0 amide bonds. The maximum atomic E-state index is 2.25. The van der Waals surface area contributed by atoms with Crippen molar-refractivity contribution in [1.29, 1.82) is 0 Å². The van der Waals surface area contributed by atoms with Gasteiger partial charge in [-0.25, -0.2) is 0 Å². The van der Waals surface area contributed by atoms with Gasteiger partial charge in [0, 0.05) is 23.0 Å². The Bertz CT molecular complexity index is 1160. The van der Waals surface area contributed by atoms with Crippen LogP contribution in [-0.4, -0.2) is 0 Å². The van der Waals surface area contributed by atoms with Crippen LogP contribution in [0.1, 0.15) is 22.6 Å². The van der Waals surface area contributed by atoms with Crippen molar-refractivity contribution in [3.8, 4) is 0 Å². The molecule has 38 heavy (non-hydrogen) atoms. The van der Waals surface area contributed by atoms with Crippen molar-refractivity contribution in [2.24, 2.45) is 0 Å². The third-order valence-electron chi connectivity index (χ3n) is 6.44. The van der Waals surface area contributed by atoms with Crippen LogP contribution in [0.15, 0.2) is 182 Å². The first-order chi connectivity index (χ1) is 18.9. The van der Waals surface area contributed by atoms with Crippen LogP contribution in [-0.2, 0) is 0 Å². The minimum Gasteiger partial charge on any atom is -0.311 e. The Morgan fingerprint density at radius 3 is 0.711 bits per heavy atom. The molecule has 0 fully saturated rings. The molecule has 0 atom stereocenters. The van der Waals surface area contributed by atoms with Crippen LogP contribution in [0.5, 0.6) is 0 Å². The van der Waals surface area contributed by atoms with Crippen molar-refractivity contribution in [3.05, 3.63) is 199 Å². The second kappa shape index (κ2) is 12.9. The normalized spacial score (nSPS) is 10.3. The van der Waals surface area contributed by atoms with E-state index in [9.17, 15) is 0 Å². The van der Waals surface area contributed by atoms with E-state index in [0.717, 1.165) is 0 Å². The number of para-hydroxylation sites is 3. The van der Waals surface area contributed by atoms with E-state index in [4.69, 9.17) is 0 Å². The molecule has 0 unspecified atom stereocenters. The van der Waals surface area contributed by atoms with Crippen LogP contribution in [0.3, 0.4) is 0 Å². The number of nitrogens with zero attached hydrogens (tertiary/aromatic N) is 1. The van der Waals surface area contributed by atoms with Gasteiger partial charge in [-0.15, -0.1) is 0 Å². The highest BCUT2D eigenvalue weighted by molar-refractivity contribution is 5.76. The zero-order valence-corrected chi connectivity index (χ0v) is 21.3. The highest BCUT2D eigenvalue weighted by atomic mass is 15.1. The highest BCUT2D eigenvalue weighted by Crippen LogP contribution is 2.34. The van der Waals surface area contributed by atoms with Crippen molar-refractivity contribution in [3.63, 3.8) is 0 Å². The third kappa shape index (κ3) is 6.27. The van der Waals surface area contributed by atoms with Gasteiger partial charge in [0.1, 0.15) is 0 Å². The van der Waals surface area contributed by atoms with Gasteiger partial charge in [0.05, 0.1) is 0 Å². The first-order valence-electron chi connectivity index (χ1n) is 13.0. The second-order valence-corrected chi connectivity index (χ2v) is 9.01. The van der Waals surface area contributed by atoms with Crippen LogP contribution < -0.4 is 4.90 Å². The highest BCUT2D eigenvalue weighted by Gasteiger charge is 2.15. The molecule has 0 aromatic heterocycles. The van der Waals surface area contributed by atoms with Crippen LogP contribution in [0.25, 0.3) is 0 Å². The SMILES string of the molecule is c1ccc(C(c2ccccc2)c2ccccc2)cc1.c1ccc(N(c2ccccc2)c2ccccc2)cc1. The lowest BCUT2D eigenvalue weighted by Crippen LogP contribution is -2.09. The minimum absolute atomic E-state index is 0.309. The molecule has 6 rings (SSSR count). The lowest BCUT2D eigenvalue weighted by molar-refractivity contribution is 0.977. The summed E-state index contributed by atoms with van der Waals surface area (Å²) in [6, 6.07) is 63.3. The lowest BCUT2D eigenvalue weighted by atomic mass is 9.85. The number of rotatable bonds is 6. The van der Waals surface area contributed by atoms with E-state index in [-0.39, 0.29) is 0 Å². The summed E-state index contributed by atoms with van der Waals surface area (Å²) in [5.74, 6) is 0.309. The van der Waals surface area contributed by atoms with E-state index in [1.807, 2.05) is 18.2 Å². The Morgan fingerprint density at radius 1 is 0.263 bits per heavy atom. The average molecular weight is 490 g/mol.